The molecule has 1 rings (SSSR count). The van der Waals surface area contributed by atoms with E-state index in [1.807, 2.05) is 37.3 Å². The zero-order valence-electron chi connectivity index (χ0n) is 11.0. The van der Waals surface area contributed by atoms with Gasteiger partial charge in [-0.3, -0.25) is 0 Å². The van der Waals surface area contributed by atoms with Crippen molar-refractivity contribution >= 4 is 14.6 Å². The molecule has 0 bridgehead atoms. The lowest BCUT2D eigenvalue weighted by atomic mass is 10.2. The highest BCUT2D eigenvalue weighted by Crippen LogP contribution is 2.24. The Morgan fingerprint density at radius 3 is 2.47 bits per heavy atom. The van der Waals surface area contributed by atoms with E-state index >= 15 is 0 Å². The van der Waals surface area contributed by atoms with E-state index in [0.717, 1.165) is 30.0 Å². The van der Waals surface area contributed by atoms with Crippen LogP contribution in [-0.2, 0) is 4.43 Å². The van der Waals surface area contributed by atoms with Gasteiger partial charge in [0.15, 0.2) is 0 Å². The number of benzene rings is 1. The lowest BCUT2D eigenvalue weighted by Crippen LogP contribution is -2.44. The first-order valence-electron chi connectivity index (χ1n) is 6.25. The van der Waals surface area contributed by atoms with Crippen molar-refractivity contribution in [1.82, 2.24) is 0 Å². The lowest BCUT2D eigenvalue weighted by molar-refractivity contribution is 0.252. The predicted octanol–water partition coefficient (Wildman–Crippen LogP) is 4.23. The maximum Gasteiger partial charge on any atom is 0.398 e. The molecule has 17 heavy (non-hydrogen) atoms. The van der Waals surface area contributed by atoms with Gasteiger partial charge in [0.05, 0.1) is 0 Å². The Labute approximate surface area is 106 Å². The third-order valence-corrected chi connectivity index (χ3v) is 6.46. The fourth-order valence-corrected chi connectivity index (χ4v) is 4.15. The summed E-state index contributed by atoms with van der Waals surface area (Å²) in [5, 5.41) is 0. The maximum absolute atomic E-state index is 6.15. The number of hydrogen-bond acceptors (Lipinski definition) is 2. The molecule has 0 saturated heterocycles. The smallest absolute Gasteiger partial charge is 0.398 e. The van der Waals surface area contributed by atoms with E-state index in [0.29, 0.717) is 0 Å². The van der Waals surface area contributed by atoms with Crippen LogP contribution < -0.4 is 4.43 Å². The second kappa shape index (κ2) is 6.62. The van der Waals surface area contributed by atoms with Crippen LogP contribution in [0.2, 0.25) is 12.1 Å². The standard InChI is InChI=1S/C14H22O2Si/c1-5-13-10-9-11-14(12-13)16-17(7-3,8-4)15-6-2/h5,9-12H,1,6-8H2,2-4H3. The Kier molecular flexibility index (Phi) is 5.45. The summed E-state index contributed by atoms with van der Waals surface area (Å²) in [5.74, 6) is 0.895. The molecule has 0 aliphatic carbocycles. The quantitative estimate of drug-likeness (QED) is 0.674. The summed E-state index contributed by atoms with van der Waals surface area (Å²) < 4.78 is 12.0. The second-order valence-corrected chi connectivity index (χ2v) is 7.66. The SMILES string of the molecule is C=Cc1cccc(O[Si](CC)(CC)OCC)c1. The lowest BCUT2D eigenvalue weighted by Gasteiger charge is -2.28. The highest BCUT2D eigenvalue weighted by Gasteiger charge is 2.35. The van der Waals surface area contributed by atoms with E-state index in [4.69, 9.17) is 8.85 Å². The minimum Gasteiger partial charge on any atom is -0.520 e. The van der Waals surface area contributed by atoms with E-state index in [9.17, 15) is 0 Å². The van der Waals surface area contributed by atoms with E-state index in [2.05, 4.69) is 20.4 Å². The molecular formula is C14H22O2Si. The number of rotatable bonds is 7. The molecule has 0 radical (unpaired) electrons. The minimum absolute atomic E-state index is 0.717. The molecule has 1 aromatic carbocycles. The average molecular weight is 250 g/mol. The molecule has 1 aromatic rings. The van der Waals surface area contributed by atoms with Gasteiger partial charge < -0.3 is 8.85 Å². The van der Waals surface area contributed by atoms with E-state index in [1.54, 1.807) is 0 Å². The Morgan fingerprint density at radius 1 is 1.24 bits per heavy atom. The summed E-state index contributed by atoms with van der Waals surface area (Å²) in [6, 6.07) is 9.94. The molecule has 3 heteroatoms. The molecule has 0 saturated carbocycles. The molecule has 0 atom stereocenters. The van der Waals surface area contributed by atoms with Gasteiger partial charge in [-0.05, 0) is 36.7 Å². The van der Waals surface area contributed by atoms with Gasteiger partial charge in [-0.15, -0.1) is 0 Å². The Hall–Kier alpha value is -1.06. The van der Waals surface area contributed by atoms with Crippen LogP contribution in [0, 0.1) is 0 Å². The largest absolute Gasteiger partial charge is 0.520 e. The zero-order valence-corrected chi connectivity index (χ0v) is 12.0. The first-order chi connectivity index (χ1) is 8.19. The van der Waals surface area contributed by atoms with E-state index in [1.165, 1.54) is 0 Å². The van der Waals surface area contributed by atoms with Gasteiger partial charge in [0, 0.05) is 6.61 Å². The molecule has 0 heterocycles. The van der Waals surface area contributed by atoms with Crippen LogP contribution in [0.3, 0.4) is 0 Å². The Morgan fingerprint density at radius 2 is 1.94 bits per heavy atom. The van der Waals surface area contributed by atoms with E-state index in [-0.39, 0.29) is 0 Å². The molecule has 0 aliphatic heterocycles. The fraction of sp³-hybridized carbons (Fsp3) is 0.429. The first kappa shape index (κ1) is 14.0. The highest BCUT2D eigenvalue weighted by molar-refractivity contribution is 6.68. The van der Waals surface area contributed by atoms with Crippen molar-refractivity contribution in [3.05, 3.63) is 36.4 Å². The van der Waals surface area contributed by atoms with Crippen LogP contribution in [-0.4, -0.2) is 15.2 Å². The molecular weight excluding hydrogens is 228 g/mol. The van der Waals surface area contributed by atoms with Crippen LogP contribution in [0.4, 0.5) is 0 Å². The molecule has 0 aromatic heterocycles. The van der Waals surface area contributed by atoms with Crippen molar-refractivity contribution in [3.63, 3.8) is 0 Å². The van der Waals surface area contributed by atoms with Gasteiger partial charge in [0.1, 0.15) is 5.75 Å². The molecule has 0 N–H and O–H groups in total. The molecule has 2 nitrogen and oxygen atoms in total. The molecule has 0 amide bonds. The van der Waals surface area contributed by atoms with Gasteiger partial charge in [0.2, 0.25) is 0 Å². The molecule has 0 fully saturated rings. The summed E-state index contributed by atoms with van der Waals surface area (Å²) in [5.41, 5.74) is 1.08. The van der Waals surface area contributed by atoms with Crippen molar-refractivity contribution in [2.24, 2.45) is 0 Å². The molecule has 0 aliphatic rings. The van der Waals surface area contributed by atoms with Crippen molar-refractivity contribution in [2.75, 3.05) is 6.61 Å². The summed E-state index contributed by atoms with van der Waals surface area (Å²) in [7, 11) is -2.05. The second-order valence-electron chi connectivity index (χ2n) is 3.93. The summed E-state index contributed by atoms with van der Waals surface area (Å²) in [6.07, 6.45) is 1.83. The first-order valence-corrected chi connectivity index (χ1v) is 8.48. The van der Waals surface area contributed by atoms with Crippen LogP contribution >= 0.6 is 0 Å². The number of hydrogen-bond donors (Lipinski definition) is 0. The third kappa shape index (κ3) is 3.72. The van der Waals surface area contributed by atoms with Crippen LogP contribution in [0.5, 0.6) is 5.75 Å². The minimum atomic E-state index is -2.05. The Bertz CT molecular complexity index is 359. The zero-order chi connectivity index (χ0) is 12.7. The van der Waals surface area contributed by atoms with Crippen LogP contribution in [0.15, 0.2) is 30.8 Å². The summed E-state index contributed by atoms with van der Waals surface area (Å²) in [6.45, 7) is 10.8. The van der Waals surface area contributed by atoms with Crippen molar-refractivity contribution < 1.29 is 8.85 Å². The monoisotopic (exact) mass is 250 g/mol. The normalized spacial score (nSPS) is 11.2. The summed E-state index contributed by atoms with van der Waals surface area (Å²) in [4.78, 5) is 0. The van der Waals surface area contributed by atoms with Gasteiger partial charge in [-0.1, -0.05) is 38.6 Å². The highest BCUT2D eigenvalue weighted by atomic mass is 28.4. The topological polar surface area (TPSA) is 18.5 Å². The molecule has 94 valence electrons. The van der Waals surface area contributed by atoms with Gasteiger partial charge in [-0.25, -0.2) is 0 Å². The average Bonchev–Trinajstić information content (AvgIpc) is 2.38. The van der Waals surface area contributed by atoms with Crippen molar-refractivity contribution in [1.29, 1.82) is 0 Å². The van der Waals surface area contributed by atoms with Gasteiger partial charge >= 0.3 is 8.56 Å². The summed E-state index contributed by atoms with van der Waals surface area (Å²) >= 11 is 0. The van der Waals surface area contributed by atoms with Gasteiger partial charge in [-0.2, -0.15) is 0 Å². The maximum atomic E-state index is 6.15. The van der Waals surface area contributed by atoms with Crippen molar-refractivity contribution in [3.8, 4) is 5.75 Å². The van der Waals surface area contributed by atoms with E-state index < -0.39 is 8.56 Å². The fourth-order valence-electron chi connectivity index (χ4n) is 1.81. The predicted molar refractivity (Wildman–Crippen MR) is 75.5 cm³/mol. The molecule has 0 spiro atoms. The Balaban J connectivity index is 2.88. The van der Waals surface area contributed by atoms with Crippen LogP contribution in [0.25, 0.3) is 6.08 Å². The third-order valence-electron chi connectivity index (χ3n) is 2.88. The van der Waals surface area contributed by atoms with Crippen molar-refractivity contribution in [2.45, 2.75) is 32.9 Å². The molecule has 0 unspecified atom stereocenters. The van der Waals surface area contributed by atoms with Crippen LogP contribution in [0.1, 0.15) is 26.3 Å². The van der Waals surface area contributed by atoms with Gasteiger partial charge in [0.25, 0.3) is 0 Å².